The molecule has 0 aliphatic carbocycles. The van der Waals surface area contributed by atoms with Crippen LogP contribution < -0.4 is 42.4 Å². The van der Waals surface area contributed by atoms with Gasteiger partial charge in [-0.1, -0.05) is 0 Å². The summed E-state index contributed by atoms with van der Waals surface area (Å²) in [6.45, 7) is 0. The molecule has 0 radical (unpaired) electrons. The molecule has 0 aromatic heterocycles. The average molecular weight is 66.0 g/mol. The van der Waals surface area contributed by atoms with Crippen LogP contribution in [0, 0.1) is 0 Å². The second-order valence-electron chi connectivity index (χ2n) is 0. The number of halogens is 1. The summed E-state index contributed by atoms with van der Waals surface area (Å²) in [6.07, 6.45) is 0. The van der Waals surface area contributed by atoms with Crippen molar-refractivity contribution in [3.05, 3.63) is 0 Å². The SMILES string of the molecule is [F-].[Li+].[Li+].[SH-]. The van der Waals surface area contributed by atoms with Crippen molar-refractivity contribution < 1.29 is 42.4 Å². The smallest absolute Gasteiger partial charge is 1.00 e. The van der Waals surface area contributed by atoms with Gasteiger partial charge in [0.25, 0.3) is 0 Å². The van der Waals surface area contributed by atoms with Gasteiger partial charge in [0.1, 0.15) is 0 Å². The molecule has 0 nitrogen and oxygen atoms in total. The molecule has 0 amide bonds. The molecule has 0 rings (SSSR count). The van der Waals surface area contributed by atoms with Gasteiger partial charge in [-0.25, -0.2) is 0 Å². The fourth-order valence-corrected chi connectivity index (χ4v) is 0. The van der Waals surface area contributed by atoms with Crippen molar-refractivity contribution in [3.8, 4) is 0 Å². The predicted octanol–water partition coefficient (Wildman–Crippen LogP) is -9.26. The van der Waals surface area contributed by atoms with Crippen molar-refractivity contribution in [1.82, 2.24) is 0 Å². The van der Waals surface area contributed by atoms with Crippen LogP contribution in [0.1, 0.15) is 0 Å². The maximum absolute atomic E-state index is 0. The first-order valence-corrected chi connectivity index (χ1v) is 0. The summed E-state index contributed by atoms with van der Waals surface area (Å²) in [5.41, 5.74) is 0. The van der Waals surface area contributed by atoms with Crippen LogP contribution in [0.5, 0.6) is 0 Å². The van der Waals surface area contributed by atoms with Crippen LogP contribution in [0.4, 0.5) is 0 Å². The van der Waals surface area contributed by atoms with Crippen molar-refractivity contribution in [2.24, 2.45) is 0 Å². The quantitative estimate of drug-likeness (QED) is 0.154. The first-order valence-electron chi connectivity index (χ1n) is 0. The standard InChI is InChI=1S/FH.2Li.H2S/h1H;;;1H2/q;2*+1;/p-2. The molecule has 16 valence electrons. The fraction of sp³-hybridized carbons (Fsp3) is 0. The van der Waals surface area contributed by atoms with Gasteiger partial charge in [0.2, 0.25) is 0 Å². The first kappa shape index (κ1) is 50.4. The molecule has 0 aliphatic heterocycles. The van der Waals surface area contributed by atoms with Crippen molar-refractivity contribution in [2.75, 3.05) is 0 Å². The zero-order valence-corrected chi connectivity index (χ0v) is 3.72. The zero-order valence-electron chi connectivity index (χ0n) is 2.83. The molecule has 0 aliphatic rings. The normalized spacial score (nSPS) is 0. The Kier molecular flexibility index (Phi) is 313. The Hall–Kier alpha value is 1.47. The van der Waals surface area contributed by atoms with E-state index in [0.717, 1.165) is 0 Å². The summed E-state index contributed by atoms with van der Waals surface area (Å²) in [5, 5.41) is 0. The molecule has 0 N–H and O–H groups in total. The van der Waals surface area contributed by atoms with Crippen LogP contribution in [0.2, 0.25) is 0 Å². The predicted molar refractivity (Wildman–Crippen MR) is 8.76 cm³/mol. The minimum atomic E-state index is 0. The Morgan fingerprint density at radius 3 is 0.750 bits per heavy atom. The first-order chi connectivity index (χ1) is 0. The van der Waals surface area contributed by atoms with E-state index in [1.54, 1.807) is 0 Å². The Balaban J connectivity index is 0. The van der Waals surface area contributed by atoms with Gasteiger partial charge in [-0.15, -0.1) is 0 Å². The molecule has 0 fully saturated rings. The molecule has 0 aromatic rings. The minimum Gasteiger partial charge on any atom is -1.00 e. The van der Waals surface area contributed by atoms with Gasteiger partial charge in [0, 0.05) is 0 Å². The molecule has 0 saturated heterocycles. The molecular weight excluding hydrogens is 64.9 g/mol. The second-order valence-corrected chi connectivity index (χ2v) is 0. The maximum Gasteiger partial charge on any atom is 1.00 e. The zero-order chi connectivity index (χ0) is 0. The van der Waals surface area contributed by atoms with E-state index in [1.165, 1.54) is 0 Å². The maximum atomic E-state index is 0. The van der Waals surface area contributed by atoms with Gasteiger partial charge in [0.15, 0.2) is 0 Å². The fourth-order valence-electron chi connectivity index (χ4n) is 0. The summed E-state index contributed by atoms with van der Waals surface area (Å²) in [5.74, 6) is 0. The molecule has 4 heavy (non-hydrogen) atoms. The largest absolute Gasteiger partial charge is 1.00 e. The molecule has 0 heterocycles. The number of thiol groups is 1. The molecule has 0 atom stereocenters. The summed E-state index contributed by atoms with van der Waals surface area (Å²) >= 11 is 0. The third-order valence-corrected chi connectivity index (χ3v) is 0. The van der Waals surface area contributed by atoms with E-state index < -0.39 is 0 Å². The van der Waals surface area contributed by atoms with E-state index in [-0.39, 0.29) is 55.9 Å². The minimum absolute atomic E-state index is 0. The molecule has 0 unspecified atom stereocenters. The van der Waals surface area contributed by atoms with E-state index in [4.69, 9.17) is 0 Å². The topological polar surface area (TPSA) is 0 Å². The van der Waals surface area contributed by atoms with Crippen LogP contribution in [-0.4, -0.2) is 0 Å². The summed E-state index contributed by atoms with van der Waals surface area (Å²) < 4.78 is 0. The third-order valence-electron chi connectivity index (χ3n) is 0. The second kappa shape index (κ2) is 24.8. The van der Waals surface area contributed by atoms with Crippen LogP contribution in [-0.2, 0) is 13.5 Å². The van der Waals surface area contributed by atoms with Crippen LogP contribution in [0.15, 0.2) is 0 Å². The molecule has 4 heteroatoms. The van der Waals surface area contributed by atoms with Gasteiger partial charge in [0.05, 0.1) is 0 Å². The monoisotopic (exact) mass is 66.0 g/mol. The van der Waals surface area contributed by atoms with Gasteiger partial charge in [-0.2, -0.15) is 0 Å². The molecule has 0 spiro atoms. The van der Waals surface area contributed by atoms with Crippen molar-refractivity contribution in [3.63, 3.8) is 0 Å². The van der Waals surface area contributed by atoms with E-state index in [9.17, 15) is 0 Å². The van der Waals surface area contributed by atoms with Gasteiger partial charge < -0.3 is 18.2 Å². The third kappa shape index (κ3) is 9.78. The Morgan fingerprint density at radius 1 is 0.750 bits per heavy atom. The number of rotatable bonds is 0. The summed E-state index contributed by atoms with van der Waals surface area (Å²) in [6, 6.07) is 0. The number of hydrogen-bond acceptors (Lipinski definition) is 1. The van der Waals surface area contributed by atoms with Gasteiger partial charge >= 0.3 is 37.7 Å². The van der Waals surface area contributed by atoms with E-state index >= 15 is 0 Å². The van der Waals surface area contributed by atoms with Gasteiger partial charge in [-0.05, 0) is 0 Å². The molecule has 0 bridgehead atoms. The molecule has 0 saturated carbocycles. The van der Waals surface area contributed by atoms with Crippen molar-refractivity contribution in [2.45, 2.75) is 0 Å². The van der Waals surface area contributed by atoms with E-state index in [0.29, 0.717) is 0 Å². The Morgan fingerprint density at radius 2 is 0.750 bits per heavy atom. The van der Waals surface area contributed by atoms with E-state index in [2.05, 4.69) is 0 Å². The Bertz CT molecular complexity index is 6.00. The van der Waals surface area contributed by atoms with Crippen LogP contribution >= 0.6 is 0 Å². The van der Waals surface area contributed by atoms with Crippen molar-refractivity contribution >= 4 is 13.5 Å². The van der Waals surface area contributed by atoms with Crippen LogP contribution in [0.3, 0.4) is 0 Å². The Labute approximate surface area is 55.9 Å². The molecule has 0 aromatic carbocycles. The van der Waals surface area contributed by atoms with Crippen LogP contribution in [0.25, 0.3) is 0 Å². The van der Waals surface area contributed by atoms with Crippen molar-refractivity contribution in [1.29, 1.82) is 0 Å². The molecular formula is HFLi2S. The average Bonchev–Trinajstić information content (AvgIpc) is 0. The number of hydrogen-bond donors (Lipinski definition) is 0. The van der Waals surface area contributed by atoms with E-state index in [1.807, 2.05) is 0 Å². The summed E-state index contributed by atoms with van der Waals surface area (Å²) in [4.78, 5) is 0. The van der Waals surface area contributed by atoms with Gasteiger partial charge in [-0.3, -0.25) is 0 Å². The summed E-state index contributed by atoms with van der Waals surface area (Å²) in [7, 11) is 0.